The Morgan fingerprint density at radius 1 is 1.09 bits per heavy atom. The first kappa shape index (κ1) is 16.0. The number of nitro benzene ring substituents is 1. The highest BCUT2D eigenvalue weighted by Crippen LogP contribution is 2.25. The van der Waals surface area contributed by atoms with Crippen molar-refractivity contribution in [2.24, 2.45) is 0 Å². The summed E-state index contributed by atoms with van der Waals surface area (Å²) >= 11 is 0. The molecule has 0 N–H and O–H groups in total. The van der Waals surface area contributed by atoms with Crippen LogP contribution in [0.25, 0.3) is 0 Å². The Bertz CT molecular complexity index is 769. The second kappa shape index (κ2) is 6.57. The fourth-order valence-corrected chi connectivity index (χ4v) is 2.93. The van der Waals surface area contributed by atoms with E-state index in [1.54, 1.807) is 12.1 Å². The van der Waals surface area contributed by atoms with E-state index in [-0.39, 0.29) is 16.3 Å². The summed E-state index contributed by atoms with van der Waals surface area (Å²) in [5.41, 5.74) is 0.626. The predicted molar refractivity (Wildman–Crippen MR) is 81.3 cm³/mol. The van der Waals surface area contributed by atoms with Gasteiger partial charge in [0.1, 0.15) is 10.6 Å². The Balaban J connectivity index is 2.30. The van der Waals surface area contributed by atoms with Crippen molar-refractivity contribution in [3.8, 4) is 5.75 Å². The maximum Gasteiger partial charge on any atom is 0.339 e. The first-order chi connectivity index (χ1) is 10.4. The molecule has 0 atom stereocenters. The normalized spacial score (nSPS) is 11.1. The molecule has 0 radical (unpaired) electrons. The van der Waals surface area contributed by atoms with Gasteiger partial charge < -0.3 is 4.18 Å². The molecule has 2 rings (SSSR count). The molecular formula is C15H15NO5S. The molecule has 0 unspecified atom stereocenters. The van der Waals surface area contributed by atoms with Gasteiger partial charge in [0.25, 0.3) is 5.69 Å². The van der Waals surface area contributed by atoms with E-state index in [1.165, 1.54) is 0 Å². The summed E-state index contributed by atoms with van der Waals surface area (Å²) in [5, 5.41) is 10.6. The summed E-state index contributed by atoms with van der Waals surface area (Å²) in [4.78, 5) is 9.88. The van der Waals surface area contributed by atoms with Crippen molar-refractivity contribution >= 4 is 15.8 Å². The van der Waals surface area contributed by atoms with Crippen molar-refractivity contribution in [2.75, 3.05) is 0 Å². The van der Waals surface area contributed by atoms with Crippen LogP contribution < -0.4 is 4.18 Å². The number of para-hydroxylation sites is 1. The lowest BCUT2D eigenvalue weighted by atomic mass is 10.1. The lowest BCUT2D eigenvalue weighted by Gasteiger charge is -2.10. The van der Waals surface area contributed by atoms with Gasteiger partial charge in [0, 0.05) is 12.1 Å². The van der Waals surface area contributed by atoms with Crippen LogP contribution in [0.3, 0.4) is 0 Å². The van der Waals surface area contributed by atoms with Crippen LogP contribution >= 0.6 is 0 Å². The molecule has 0 aliphatic rings. The third-order valence-corrected chi connectivity index (χ3v) is 4.28. The third-order valence-electron chi connectivity index (χ3n) is 3.03. The summed E-state index contributed by atoms with van der Waals surface area (Å²) in [6.07, 6.45) is 1.56. The monoisotopic (exact) mass is 321 g/mol. The minimum Gasteiger partial charge on any atom is -0.379 e. The fraction of sp³-hybridized carbons (Fsp3) is 0.200. The lowest BCUT2D eigenvalue weighted by molar-refractivity contribution is -0.384. The van der Waals surface area contributed by atoms with Crippen LogP contribution in [0.2, 0.25) is 0 Å². The van der Waals surface area contributed by atoms with Gasteiger partial charge in [0.2, 0.25) is 0 Å². The average molecular weight is 321 g/mol. The molecule has 0 saturated carbocycles. The Morgan fingerprint density at radius 3 is 2.32 bits per heavy atom. The predicted octanol–water partition coefficient (Wildman–Crippen LogP) is 3.32. The highest BCUT2D eigenvalue weighted by atomic mass is 32.2. The molecule has 0 aromatic heterocycles. The molecule has 0 aliphatic carbocycles. The van der Waals surface area contributed by atoms with Crippen LogP contribution in [-0.4, -0.2) is 13.3 Å². The number of nitrogens with zero attached hydrogens (tertiary/aromatic N) is 1. The maximum absolute atomic E-state index is 12.2. The largest absolute Gasteiger partial charge is 0.379 e. The molecular weight excluding hydrogens is 306 g/mol. The van der Waals surface area contributed by atoms with Gasteiger partial charge >= 0.3 is 10.1 Å². The molecule has 7 heteroatoms. The van der Waals surface area contributed by atoms with E-state index >= 15 is 0 Å². The van der Waals surface area contributed by atoms with Crippen molar-refractivity contribution < 1.29 is 17.5 Å². The van der Waals surface area contributed by atoms with Crippen LogP contribution in [0.1, 0.15) is 18.9 Å². The molecule has 6 nitrogen and oxygen atoms in total. The molecule has 116 valence electrons. The molecule has 0 heterocycles. The zero-order chi connectivity index (χ0) is 16.2. The Hall–Kier alpha value is -2.41. The van der Waals surface area contributed by atoms with Crippen LogP contribution in [-0.2, 0) is 16.5 Å². The summed E-state index contributed by atoms with van der Waals surface area (Å²) in [7, 11) is -4.02. The van der Waals surface area contributed by atoms with Crippen molar-refractivity contribution in [2.45, 2.75) is 24.7 Å². The minimum atomic E-state index is -4.02. The SMILES string of the molecule is CCCc1ccccc1OS(=O)(=O)c1ccc([N+](=O)[O-])cc1. The molecule has 22 heavy (non-hydrogen) atoms. The van der Waals surface area contributed by atoms with Crippen molar-refractivity contribution in [1.82, 2.24) is 0 Å². The molecule has 2 aromatic carbocycles. The first-order valence-corrected chi connectivity index (χ1v) is 8.11. The van der Waals surface area contributed by atoms with Gasteiger partial charge in [-0.2, -0.15) is 8.42 Å². The van der Waals surface area contributed by atoms with Gasteiger partial charge in [-0.25, -0.2) is 0 Å². The molecule has 2 aromatic rings. The van der Waals surface area contributed by atoms with E-state index in [0.29, 0.717) is 6.42 Å². The van der Waals surface area contributed by atoms with Gasteiger partial charge in [0.05, 0.1) is 4.92 Å². The lowest BCUT2D eigenvalue weighted by Crippen LogP contribution is -2.11. The van der Waals surface area contributed by atoms with Crippen LogP contribution in [0.15, 0.2) is 53.4 Å². The molecule has 0 fully saturated rings. The number of rotatable bonds is 6. The molecule has 0 spiro atoms. The summed E-state index contributed by atoms with van der Waals surface area (Å²) in [6, 6.07) is 11.5. The number of benzene rings is 2. The minimum absolute atomic E-state index is 0.121. The third kappa shape index (κ3) is 3.62. The molecule has 0 aliphatic heterocycles. The van der Waals surface area contributed by atoms with Gasteiger partial charge in [-0.15, -0.1) is 0 Å². The van der Waals surface area contributed by atoms with E-state index in [2.05, 4.69) is 0 Å². The van der Waals surface area contributed by atoms with E-state index in [9.17, 15) is 18.5 Å². The topological polar surface area (TPSA) is 86.5 Å². The summed E-state index contributed by atoms with van der Waals surface area (Å²) in [6.45, 7) is 1.99. The van der Waals surface area contributed by atoms with Crippen LogP contribution in [0, 0.1) is 10.1 Å². The van der Waals surface area contributed by atoms with Crippen LogP contribution in [0.5, 0.6) is 5.75 Å². The van der Waals surface area contributed by atoms with Gasteiger partial charge in [-0.3, -0.25) is 10.1 Å². The molecule has 0 amide bonds. The highest BCUT2D eigenvalue weighted by molar-refractivity contribution is 7.87. The number of nitro groups is 1. The summed E-state index contributed by atoms with van der Waals surface area (Å²) in [5.74, 6) is 0.280. The second-order valence-electron chi connectivity index (χ2n) is 4.65. The van der Waals surface area contributed by atoms with Crippen molar-refractivity contribution in [1.29, 1.82) is 0 Å². The standard InChI is InChI=1S/C15H15NO5S/c1-2-5-12-6-3-4-7-15(12)21-22(19,20)14-10-8-13(9-11-14)16(17)18/h3-4,6-11H,2,5H2,1H3. The summed E-state index contributed by atoms with van der Waals surface area (Å²) < 4.78 is 29.7. The smallest absolute Gasteiger partial charge is 0.339 e. The quantitative estimate of drug-likeness (QED) is 0.463. The first-order valence-electron chi connectivity index (χ1n) is 6.71. The van der Waals surface area contributed by atoms with Gasteiger partial charge in [-0.1, -0.05) is 31.5 Å². The zero-order valence-electron chi connectivity index (χ0n) is 11.9. The second-order valence-corrected chi connectivity index (χ2v) is 6.19. The van der Waals surface area contributed by atoms with Gasteiger partial charge in [-0.05, 0) is 30.2 Å². The Labute approximate surface area is 128 Å². The number of hydrogen-bond donors (Lipinski definition) is 0. The van der Waals surface area contributed by atoms with E-state index in [0.717, 1.165) is 36.2 Å². The molecule has 0 bridgehead atoms. The Morgan fingerprint density at radius 2 is 1.73 bits per heavy atom. The maximum atomic E-state index is 12.2. The average Bonchev–Trinajstić information content (AvgIpc) is 2.49. The fourth-order valence-electron chi connectivity index (χ4n) is 1.96. The molecule has 0 saturated heterocycles. The number of aryl methyl sites for hydroxylation is 1. The van der Waals surface area contributed by atoms with Gasteiger partial charge in [0.15, 0.2) is 0 Å². The zero-order valence-corrected chi connectivity index (χ0v) is 12.7. The van der Waals surface area contributed by atoms with E-state index in [1.807, 2.05) is 19.1 Å². The Kier molecular flexibility index (Phi) is 4.77. The van der Waals surface area contributed by atoms with Crippen molar-refractivity contribution in [3.63, 3.8) is 0 Å². The number of non-ortho nitro benzene ring substituents is 1. The number of hydrogen-bond acceptors (Lipinski definition) is 5. The van der Waals surface area contributed by atoms with E-state index < -0.39 is 15.0 Å². The van der Waals surface area contributed by atoms with Crippen LogP contribution in [0.4, 0.5) is 5.69 Å². The van der Waals surface area contributed by atoms with E-state index in [4.69, 9.17) is 4.18 Å². The highest BCUT2D eigenvalue weighted by Gasteiger charge is 2.19. The van der Waals surface area contributed by atoms with Crippen molar-refractivity contribution in [3.05, 3.63) is 64.2 Å².